The molecule has 1 aliphatic carbocycles. The number of nitrogens with zero attached hydrogens (tertiary/aromatic N) is 1. The lowest BCUT2D eigenvalue weighted by Crippen LogP contribution is -2.19. The van der Waals surface area contributed by atoms with Gasteiger partial charge in [0.05, 0.1) is 12.3 Å². The molecule has 0 unspecified atom stereocenters. The Bertz CT molecular complexity index is 309. The molecule has 1 heterocycles. The number of rotatable bonds is 8. The molecule has 1 aromatic heterocycles. The molecular weight excluding hydrogens is 216 g/mol. The molecule has 0 atom stereocenters. The fourth-order valence-electron chi connectivity index (χ4n) is 1.64. The summed E-state index contributed by atoms with van der Waals surface area (Å²) >= 11 is 0. The highest BCUT2D eigenvalue weighted by molar-refractivity contribution is 4.99. The second-order valence-corrected chi connectivity index (χ2v) is 5.21. The maximum absolute atomic E-state index is 5.46. The number of ether oxygens (including phenoxy) is 1. The average Bonchev–Trinajstić information content (AvgIpc) is 2.98. The van der Waals surface area contributed by atoms with E-state index in [1.165, 1.54) is 12.8 Å². The van der Waals surface area contributed by atoms with E-state index in [1.807, 2.05) is 0 Å². The molecule has 2 rings (SSSR count). The predicted molar refractivity (Wildman–Crippen MR) is 65.9 cm³/mol. The van der Waals surface area contributed by atoms with Gasteiger partial charge in [0.15, 0.2) is 0 Å². The molecule has 0 aromatic carbocycles. The molecular formula is C13H22N2O2. The number of hydrogen-bond donors (Lipinski definition) is 1. The average molecular weight is 238 g/mol. The van der Waals surface area contributed by atoms with Crippen molar-refractivity contribution in [2.24, 2.45) is 11.8 Å². The first-order valence-electron chi connectivity index (χ1n) is 6.52. The zero-order valence-electron chi connectivity index (χ0n) is 10.7. The maximum Gasteiger partial charge on any atom is 0.393 e. The zero-order valence-corrected chi connectivity index (χ0v) is 10.7. The van der Waals surface area contributed by atoms with E-state index < -0.39 is 0 Å². The van der Waals surface area contributed by atoms with E-state index in [4.69, 9.17) is 9.15 Å². The largest absolute Gasteiger partial charge is 0.450 e. The summed E-state index contributed by atoms with van der Waals surface area (Å²) in [5, 5.41) is 3.32. The Morgan fingerprint density at radius 3 is 3.06 bits per heavy atom. The monoisotopic (exact) mass is 238 g/mol. The van der Waals surface area contributed by atoms with Crippen molar-refractivity contribution in [2.45, 2.75) is 39.7 Å². The van der Waals surface area contributed by atoms with Crippen LogP contribution in [-0.2, 0) is 6.54 Å². The highest BCUT2D eigenvalue weighted by atomic mass is 16.6. The van der Waals surface area contributed by atoms with Crippen molar-refractivity contribution in [3.63, 3.8) is 0 Å². The van der Waals surface area contributed by atoms with Crippen LogP contribution in [0.5, 0.6) is 6.08 Å². The van der Waals surface area contributed by atoms with Crippen LogP contribution in [0.4, 0.5) is 0 Å². The third-order valence-corrected chi connectivity index (χ3v) is 2.84. The van der Waals surface area contributed by atoms with Crippen molar-refractivity contribution in [1.82, 2.24) is 10.3 Å². The van der Waals surface area contributed by atoms with Gasteiger partial charge in [-0.3, -0.25) is 0 Å². The van der Waals surface area contributed by atoms with E-state index in [0.29, 0.717) is 12.0 Å². The molecule has 0 bridgehead atoms. The van der Waals surface area contributed by atoms with Gasteiger partial charge >= 0.3 is 6.08 Å². The van der Waals surface area contributed by atoms with Crippen molar-refractivity contribution in [3.8, 4) is 6.08 Å². The summed E-state index contributed by atoms with van der Waals surface area (Å²) in [5.41, 5.74) is 0.909. The van der Waals surface area contributed by atoms with Crippen molar-refractivity contribution in [1.29, 1.82) is 0 Å². The lowest BCUT2D eigenvalue weighted by atomic mass is 10.2. The van der Waals surface area contributed by atoms with Gasteiger partial charge in [-0.05, 0) is 24.8 Å². The van der Waals surface area contributed by atoms with E-state index in [1.54, 1.807) is 6.26 Å². The first-order valence-corrected chi connectivity index (χ1v) is 6.52. The minimum atomic E-state index is 0.409. The van der Waals surface area contributed by atoms with Crippen LogP contribution in [0.2, 0.25) is 0 Å². The van der Waals surface area contributed by atoms with Gasteiger partial charge in [-0.25, -0.2) is 0 Å². The van der Waals surface area contributed by atoms with Gasteiger partial charge in [-0.1, -0.05) is 26.7 Å². The standard InChI is InChI=1S/C13H22N2O2/c1-10(2)7-14-8-12-9-17-13(15-12)16-6-5-11-3-4-11/h9-11,14H,3-8H2,1-2H3. The fourth-order valence-corrected chi connectivity index (χ4v) is 1.64. The molecule has 1 aromatic rings. The molecule has 0 saturated heterocycles. The van der Waals surface area contributed by atoms with Gasteiger partial charge < -0.3 is 14.5 Å². The Morgan fingerprint density at radius 2 is 2.35 bits per heavy atom. The summed E-state index contributed by atoms with van der Waals surface area (Å²) in [6.07, 6.45) is 5.92. The Labute approximate surface area is 103 Å². The molecule has 0 amide bonds. The first-order chi connectivity index (χ1) is 8.24. The van der Waals surface area contributed by atoms with Gasteiger partial charge in [0.2, 0.25) is 0 Å². The Hall–Kier alpha value is -1.03. The molecule has 17 heavy (non-hydrogen) atoms. The highest BCUT2D eigenvalue weighted by Crippen LogP contribution is 2.32. The third kappa shape index (κ3) is 4.77. The zero-order chi connectivity index (χ0) is 12.1. The molecule has 1 fully saturated rings. The number of aromatic nitrogens is 1. The first kappa shape index (κ1) is 12.4. The summed E-state index contributed by atoms with van der Waals surface area (Å²) in [6, 6.07) is 0. The fraction of sp³-hybridized carbons (Fsp3) is 0.769. The Kier molecular flexibility index (Phi) is 4.42. The van der Waals surface area contributed by atoms with Crippen LogP contribution in [0, 0.1) is 11.8 Å². The van der Waals surface area contributed by atoms with Crippen molar-refractivity contribution in [3.05, 3.63) is 12.0 Å². The summed E-state index contributed by atoms with van der Waals surface area (Å²) in [6.45, 7) is 6.83. The molecule has 0 spiro atoms. The Balaban J connectivity index is 1.63. The third-order valence-electron chi connectivity index (χ3n) is 2.84. The quantitative estimate of drug-likeness (QED) is 0.756. The van der Waals surface area contributed by atoms with Gasteiger partial charge in [-0.15, -0.1) is 0 Å². The van der Waals surface area contributed by atoms with Crippen LogP contribution in [0.15, 0.2) is 10.7 Å². The minimum absolute atomic E-state index is 0.409. The predicted octanol–water partition coefficient (Wildman–Crippen LogP) is 2.60. The summed E-state index contributed by atoms with van der Waals surface area (Å²) in [7, 11) is 0. The molecule has 0 aliphatic heterocycles. The van der Waals surface area contributed by atoms with Crippen LogP contribution in [0.3, 0.4) is 0 Å². The summed E-state index contributed by atoms with van der Waals surface area (Å²) < 4.78 is 10.7. The molecule has 1 aliphatic rings. The molecule has 4 heteroatoms. The smallest absolute Gasteiger partial charge is 0.393 e. The van der Waals surface area contributed by atoms with E-state index in [-0.39, 0.29) is 0 Å². The summed E-state index contributed by atoms with van der Waals surface area (Å²) in [4.78, 5) is 4.27. The van der Waals surface area contributed by atoms with Gasteiger partial charge in [0.25, 0.3) is 0 Å². The normalized spacial score (nSPS) is 15.5. The van der Waals surface area contributed by atoms with E-state index in [2.05, 4.69) is 24.1 Å². The Morgan fingerprint density at radius 1 is 1.53 bits per heavy atom. The maximum atomic E-state index is 5.46. The van der Waals surface area contributed by atoms with Crippen molar-refractivity contribution >= 4 is 0 Å². The SMILES string of the molecule is CC(C)CNCc1coc(OCCC2CC2)n1. The van der Waals surface area contributed by atoms with Crippen molar-refractivity contribution in [2.75, 3.05) is 13.2 Å². The highest BCUT2D eigenvalue weighted by Gasteiger charge is 2.21. The number of nitrogens with one attached hydrogen (secondary N) is 1. The van der Waals surface area contributed by atoms with Crippen LogP contribution >= 0.6 is 0 Å². The molecule has 96 valence electrons. The molecule has 1 saturated carbocycles. The number of hydrogen-bond acceptors (Lipinski definition) is 4. The summed E-state index contributed by atoms with van der Waals surface area (Å²) in [5.74, 6) is 1.54. The van der Waals surface area contributed by atoms with E-state index in [9.17, 15) is 0 Å². The van der Waals surface area contributed by atoms with E-state index in [0.717, 1.165) is 37.7 Å². The van der Waals surface area contributed by atoms with Gasteiger partial charge in [-0.2, -0.15) is 4.98 Å². The van der Waals surface area contributed by atoms with Crippen molar-refractivity contribution < 1.29 is 9.15 Å². The van der Waals surface area contributed by atoms with E-state index >= 15 is 0 Å². The molecule has 1 N–H and O–H groups in total. The van der Waals surface area contributed by atoms with Crippen LogP contribution in [-0.4, -0.2) is 18.1 Å². The van der Waals surface area contributed by atoms with Crippen LogP contribution in [0.1, 0.15) is 38.8 Å². The number of oxazole rings is 1. The lowest BCUT2D eigenvalue weighted by molar-refractivity contribution is 0.222. The van der Waals surface area contributed by atoms with Gasteiger partial charge in [0, 0.05) is 6.54 Å². The topological polar surface area (TPSA) is 47.3 Å². The second kappa shape index (κ2) is 6.05. The molecule has 0 radical (unpaired) electrons. The minimum Gasteiger partial charge on any atom is -0.450 e. The van der Waals surface area contributed by atoms with Crippen LogP contribution < -0.4 is 10.1 Å². The van der Waals surface area contributed by atoms with Crippen LogP contribution in [0.25, 0.3) is 0 Å². The lowest BCUT2D eigenvalue weighted by Gasteiger charge is -2.04. The molecule has 4 nitrogen and oxygen atoms in total. The van der Waals surface area contributed by atoms with Gasteiger partial charge in [0.1, 0.15) is 6.26 Å². The second-order valence-electron chi connectivity index (χ2n) is 5.21.